The summed E-state index contributed by atoms with van der Waals surface area (Å²) in [5.41, 5.74) is -0.933. The van der Waals surface area contributed by atoms with Gasteiger partial charge < -0.3 is 74.4 Å². The van der Waals surface area contributed by atoms with Crippen LogP contribution in [0.5, 0.6) is 28.7 Å². The topological polar surface area (TPSA) is 269 Å². The molecule has 2 aliphatic heterocycles. The van der Waals surface area contributed by atoms with Crippen molar-refractivity contribution in [3.05, 3.63) is 40.6 Å². The number of phenolic OH excluding ortho intramolecular Hbond substituents is 4. The molecule has 2 fully saturated rings. The summed E-state index contributed by atoms with van der Waals surface area (Å²) in [5.74, 6) is -3.44. The number of benzene rings is 2. The van der Waals surface area contributed by atoms with Gasteiger partial charge in [-0.3, -0.25) is 4.79 Å². The van der Waals surface area contributed by atoms with Crippen molar-refractivity contribution in [2.45, 2.75) is 68.3 Å². The quantitative estimate of drug-likeness (QED) is 0.140. The fourth-order valence-electron chi connectivity index (χ4n) is 4.90. The van der Waals surface area contributed by atoms with E-state index in [-0.39, 0.29) is 16.9 Å². The molecule has 5 rings (SSSR count). The van der Waals surface area contributed by atoms with Gasteiger partial charge in [-0.2, -0.15) is 0 Å². The molecule has 43 heavy (non-hydrogen) atoms. The van der Waals surface area contributed by atoms with Crippen molar-refractivity contribution in [2.24, 2.45) is 0 Å². The molecular weight excluding hydrogens is 580 g/mol. The fourth-order valence-corrected chi connectivity index (χ4v) is 4.90. The van der Waals surface area contributed by atoms with Crippen LogP contribution < -0.4 is 10.2 Å². The van der Waals surface area contributed by atoms with E-state index in [1.165, 1.54) is 13.0 Å². The molecule has 16 heteroatoms. The van der Waals surface area contributed by atoms with E-state index in [1.54, 1.807) is 0 Å². The molecule has 1 unspecified atom stereocenters. The van der Waals surface area contributed by atoms with Gasteiger partial charge in [0.1, 0.15) is 53.4 Å². The Morgan fingerprint density at radius 1 is 0.791 bits per heavy atom. The largest absolute Gasteiger partial charge is 0.504 e. The summed E-state index contributed by atoms with van der Waals surface area (Å²) in [4.78, 5) is 13.0. The lowest BCUT2D eigenvalue weighted by Crippen LogP contribution is -2.64. The summed E-state index contributed by atoms with van der Waals surface area (Å²) >= 11 is 0. The van der Waals surface area contributed by atoms with Crippen molar-refractivity contribution in [1.82, 2.24) is 0 Å². The van der Waals surface area contributed by atoms with Gasteiger partial charge in [-0.1, -0.05) is 0 Å². The zero-order chi connectivity index (χ0) is 31.3. The van der Waals surface area contributed by atoms with Crippen molar-refractivity contribution in [1.29, 1.82) is 0 Å². The zero-order valence-electron chi connectivity index (χ0n) is 22.3. The number of rotatable bonds is 6. The summed E-state index contributed by atoms with van der Waals surface area (Å²) in [5, 5.41) is 102. The van der Waals surface area contributed by atoms with E-state index >= 15 is 0 Å². The van der Waals surface area contributed by atoms with Gasteiger partial charge in [0.25, 0.3) is 0 Å². The molecule has 2 saturated heterocycles. The molecule has 0 amide bonds. The molecule has 1 aromatic heterocycles. The number of phenols is 4. The second-order valence-electron chi connectivity index (χ2n) is 10.2. The molecule has 3 aromatic rings. The number of aromatic hydroxyl groups is 4. The van der Waals surface area contributed by atoms with Gasteiger partial charge in [0.2, 0.25) is 12.0 Å². The highest BCUT2D eigenvalue weighted by atomic mass is 16.8. The minimum absolute atomic E-state index is 0.0835. The second kappa shape index (κ2) is 11.8. The summed E-state index contributed by atoms with van der Waals surface area (Å²) in [6.45, 7) is 0.561. The van der Waals surface area contributed by atoms with E-state index in [2.05, 4.69) is 0 Å². The Bertz CT molecular complexity index is 1540. The van der Waals surface area contributed by atoms with Crippen molar-refractivity contribution in [3.8, 4) is 40.1 Å². The number of fused-ring (bicyclic) bond motifs is 1. The van der Waals surface area contributed by atoms with Gasteiger partial charge in [-0.05, 0) is 25.1 Å². The molecule has 16 nitrogen and oxygen atoms in total. The van der Waals surface area contributed by atoms with Gasteiger partial charge in [-0.15, -0.1) is 0 Å². The van der Waals surface area contributed by atoms with Crippen molar-refractivity contribution >= 4 is 11.0 Å². The van der Waals surface area contributed by atoms with E-state index in [0.29, 0.717) is 0 Å². The third-order valence-corrected chi connectivity index (χ3v) is 7.35. The first-order valence-electron chi connectivity index (χ1n) is 13.0. The van der Waals surface area contributed by atoms with E-state index in [0.717, 1.165) is 24.3 Å². The molecule has 0 spiro atoms. The molecule has 0 saturated carbocycles. The number of ether oxygens (including phenoxy) is 4. The predicted octanol–water partition coefficient (Wildman–Crippen LogP) is -1.69. The molecule has 0 radical (unpaired) electrons. The normalized spacial score (nSPS) is 33.0. The molecule has 0 aliphatic carbocycles. The SMILES string of the molecule is C[C@@H]1OC(O[C@H]2[C@H](Oc3c(O)cc4oc(-c5ccc(O)c(O)c5)cc(=O)c4c3O)O[C@H](CO)[C@@H](O)[C@@H]2O)[C@H](O)[C@H](O)[C@H]1O. The van der Waals surface area contributed by atoms with Crippen LogP contribution in [-0.2, 0) is 14.2 Å². The highest BCUT2D eigenvalue weighted by molar-refractivity contribution is 5.89. The van der Waals surface area contributed by atoms with Crippen LogP contribution in [0, 0.1) is 0 Å². The average Bonchev–Trinajstić information content (AvgIpc) is 2.96. The number of hydrogen-bond acceptors (Lipinski definition) is 16. The van der Waals surface area contributed by atoms with Crippen molar-refractivity contribution in [3.63, 3.8) is 0 Å². The smallest absolute Gasteiger partial charge is 0.230 e. The van der Waals surface area contributed by atoms with Crippen LogP contribution >= 0.6 is 0 Å². The van der Waals surface area contributed by atoms with Gasteiger partial charge in [0.15, 0.2) is 40.8 Å². The lowest BCUT2D eigenvalue weighted by Gasteiger charge is -2.45. The second-order valence-corrected chi connectivity index (χ2v) is 10.2. The highest BCUT2D eigenvalue weighted by Gasteiger charge is 2.51. The predicted molar refractivity (Wildman–Crippen MR) is 140 cm³/mol. The van der Waals surface area contributed by atoms with Crippen LogP contribution in [0.2, 0.25) is 0 Å². The molecule has 234 valence electrons. The molecule has 3 heterocycles. The lowest BCUT2D eigenvalue weighted by atomic mass is 9.97. The van der Waals surface area contributed by atoms with Gasteiger partial charge in [-0.25, -0.2) is 0 Å². The van der Waals surface area contributed by atoms with Crippen LogP contribution in [0.3, 0.4) is 0 Å². The fraction of sp³-hybridized carbons (Fsp3) is 0.444. The van der Waals surface area contributed by atoms with Crippen LogP contribution in [0.1, 0.15) is 6.92 Å². The maximum absolute atomic E-state index is 13.0. The van der Waals surface area contributed by atoms with Gasteiger partial charge >= 0.3 is 0 Å². The Kier molecular flexibility index (Phi) is 8.41. The van der Waals surface area contributed by atoms with Gasteiger partial charge in [0.05, 0.1) is 12.7 Å². The molecule has 2 aromatic carbocycles. The molecule has 10 N–H and O–H groups in total. The Hall–Kier alpha value is -3.71. The lowest BCUT2D eigenvalue weighted by molar-refractivity contribution is -0.354. The Labute approximate surface area is 241 Å². The van der Waals surface area contributed by atoms with Crippen molar-refractivity contribution in [2.75, 3.05) is 6.61 Å². The number of aliphatic hydroxyl groups excluding tert-OH is 6. The molecule has 0 bridgehead atoms. The minimum Gasteiger partial charge on any atom is -0.504 e. The summed E-state index contributed by atoms with van der Waals surface area (Å²) in [6.07, 6.45) is -16.4. The van der Waals surface area contributed by atoms with Crippen LogP contribution in [-0.4, -0.2) is 119 Å². The van der Waals surface area contributed by atoms with E-state index in [1.807, 2.05) is 0 Å². The van der Waals surface area contributed by atoms with Crippen LogP contribution in [0.15, 0.2) is 39.5 Å². The number of hydrogen-bond donors (Lipinski definition) is 10. The molecule has 10 atom stereocenters. The van der Waals surface area contributed by atoms with Gasteiger partial charge in [0, 0.05) is 17.7 Å². The summed E-state index contributed by atoms with van der Waals surface area (Å²) in [7, 11) is 0. The zero-order valence-corrected chi connectivity index (χ0v) is 22.3. The van der Waals surface area contributed by atoms with Crippen LogP contribution in [0.4, 0.5) is 0 Å². The standard InChI is InChI=1S/C27H30O16/c1-8-18(33)21(36)23(38)26(39-8)43-25-22(37)19(34)16(7-28)41-27(25)42-24-13(32)6-15-17(20(24)35)12(31)5-14(40-15)9-2-3-10(29)11(30)4-9/h2-6,8,16,18-19,21-23,25-30,32-38H,7H2,1H3/t8-,16+,18-,19+,21+,22-,23+,25+,26?,27-/m0/s1. The third-order valence-electron chi connectivity index (χ3n) is 7.35. The minimum atomic E-state index is -1.88. The van der Waals surface area contributed by atoms with E-state index < -0.39 is 108 Å². The summed E-state index contributed by atoms with van der Waals surface area (Å²) in [6, 6.07) is 5.54. The van der Waals surface area contributed by atoms with E-state index in [4.69, 9.17) is 23.4 Å². The monoisotopic (exact) mass is 610 g/mol. The summed E-state index contributed by atoms with van der Waals surface area (Å²) < 4.78 is 27.8. The average molecular weight is 611 g/mol. The first-order chi connectivity index (χ1) is 20.3. The maximum atomic E-state index is 13.0. The van der Waals surface area contributed by atoms with E-state index in [9.17, 15) is 55.9 Å². The van der Waals surface area contributed by atoms with Crippen molar-refractivity contribution < 1.29 is 74.4 Å². The molecular formula is C27H30O16. The van der Waals surface area contributed by atoms with Crippen LogP contribution in [0.25, 0.3) is 22.3 Å². The Balaban J connectivity index is 1.50. The Morgan fingerprint density at radius 3 is 2.19 bits per heavy atom. The highest BCUT2D eigenvalue weighted by Crippen LogP contribution is 2.44. The Morgan fingerprint density at radius 2 is 1.51 bits per heavy atom. The number of aliphatic hydroxyl groups is 6. The molecule has 2 aliphatic rings. The maximum Gasteiger partial charge on any atom is 0.230 e. The first-order valence-corrected chi connectivity index (χ1v) is 13.0. The first kappa shape index (κ1) is 30.7. The third kappa shape index (κ3) is 5.55.